The highest BCUT2D eigenvalue weighted by atomic mass is 16.7. The molecule has 0 aliphatic rings. The molecule has 49 heteroatoms. The Balaban J connectivity index is -0.00000245. The van der Waals surface area contributed by atoms with E-state index in [4.69, 9.17) is 145 Å². The largest absolute Gasteiger partial charge is 0.394 e. The third kappa shape index (κ3) is 83.4. The minimum atomic E-state index is -1.17. The Kier molecular flexibility index (Phi) is 93.0. The maximum absolute atomic E-state index is 10.1. The maximum Gasteiger partial charge on any atom is 0.180 e. The fourth-order valence-corrected chi connectivity index (χ4v) is 9.09. The predicted molar refractivity (Wildman–Crippen MR) is 443 cm³/mol. The highest BCUT2D eigenvalue weighted by molar-refractivity contribution is 4.72. The number of rotatable bonds is 94. The van der Waals surface area contributed by atoms with Crippen molar-refractivity contribution in [3.05, 3.63) is 0 Å². The Bertz CT molecular complexity index is 1920. The van der Waals surface area contributed by atoms with Gasteiger partial charge in [0.1, 0.15) is 116 Å². The van der Waals surface area contributed by atoms with Crippen LogP contribution in [-0.4, -0.2) is 589 Å². The molecule has 0 aromatic heterocycles. The van der Waals surface area contributed by atoms with Crippen LogP contribution in [0.4, 0.5) is 0 Å². The summed E-state index contributed by atoms with van der Waals surface area (Å²) in [4.78, 5) is 0. The molecule has 0 aliphatic carbocycles. The summed E-state index contributed by atoms with van der Waals surface area (Å²) in [5, 5.41) is 252. The van der Waals surface area contributed by atoms with E-state index in [9.17, 15) is 97.0 Å². The predicted octanol–water partition coefficient (Wildman–Crippen LogP) is -13.1. The van der Waals surface area contributed by atoms with Gasteiger partial charge < -0.3 is 242 Å². The van der Waals surface area contributed by atoms with Crippen molar-refractivity contribution in [3.8, 4) is 0 Å². The van der Waals surface area contributed by atoms with Gasteiger partial charge in [0.05, 0.1) is 329 Å². The lowest BCUT2D eigenvalue weighted by atomic mass is 10.2. The van der Waals surface area contributed by atoms with E-state index in [0.29, 0.717) is 19.6 Å². The lowest BCUT2D eigenvalue weighted by molar-refractivity contribution is -0.188. The van der Waals surface area contributed by atoms with Crippen molar-refractivity contribution >= 4 is 0 Å². The molecule has 0 bridgehead atoms. The summed E-state index contributed by atoms with van der Waals surface area (Å²) in [5.41, 5.74) is 0. The van der Waals surface area contributed by atoms with Crippen LogP contribution in [0.5, 0.6) is 0 Å². The van der Waals surface area contributed by atoms with Gasteiger partial charge in [-0.2, -0.15) is 0 Å². The van der Waals surface area contributed by atoms with Crippen molar-refractivity contribution in [3.63, 3.8) is 0 Å². The van der Waals surface area contributed by atoms with Gasteiger partial charge in [-0.15, -0.1) is 0 Å². The van der Waals surface area contributed by atoms with E-state index in [1.807, 2.05) is 20.8 Å². The minimum absolute atomic E-state index is 0.00234. The van der Waals surface area contributed by atoms with Crippen molar-refractivity contribution in [2.75, 3.05) is 317 Å². The smallest absolute Gasteiger partial charge is 0.180 e. The Hall–Kier alpha value is -1.96. The van der Waals surface area contributed by atoms with Crippen LogP contribution in [-0.2, 0) is 104 Å². The summed E-state index contributed by atoms with van der Waals surface area (Å²) in [7, 11) is 0. The molecule has 0 spiro atoms. The normalized spacial score (nSPS) is 18.0. The minimum Gasteiger partial charge on any atom is -0.394 e. The van der Waals surface area contributed by atoms with Crippen molar-refractivity contribution in [2.45, 2.75) is 175 Å². The van der Waals surface area contributed by atoms with E-state index < -0.39 is 207 Å². The second-order valence-electron chi connectivity index (χ2n) is 30.3. The summed E-state index contributed by atoms with van der Waals surface area (Å²) >= 11 is 0. The molecule has 0 rings (SSSR count). The molecule has 0 saturated heterocycles. The standard InChI is InChI=1S/C47H96O29.C22H46O14.C10H22O6/c1-3-34(55)13-63-21-42(22-64-14-35(56)4-48)73-29-46(30-74-43(23-65-15-36(57)5-49)24-66-16-37(58)6-50)71-11-33(2)12-72-47(31-75-44(25-67-17-38(59)7-51)26-68-18-39(60)8-52)32-76-45(27-69-19-40(61)9-53)28-70-20-41(62)10-54;1-16(8-35-21(13-31-10-18(28)5-24)14-32-11-19(29)6-25)9-36-22(15-33-12-20(30)7-26)34-3-2-17(27)4-23;1-8(4-15-6-9(13)2-11)5-16-7-10(14)3-12/h33-62H,3-32H2,1-2H3;16-30H,2-15H2,1H3;8-14H,2-7H2,1H3/t33-,34?,35?,36?,37?,38?,39?,40?,41?,42?,43?,44?,45?,46?,47?;16-,17?,18?,19?,20?,21?,22?;/m10./s1. The Labute approximate surface area is 749 Å². The molecule has 17 unspecified atom stereocenters. The monoisotopic (exact) mass is 1900 g/mol. The molecule has 0 amide bonds. The molecular weight excluding hydrogens is 1730 g/mol. The molecule has 0 heterocycles. The molecule has 774 valence electrons. The fourth-order valence-electron chi connectivity index (χ4n) is 9.09. The zero-order valence-corrected chi connectivity index (χ0v) is 74.8. The van der Waals surface area contributed by atoms with Crippen LogP contribution in [0, 0.1) is 17.8 Å². The van der Waals surface area contributed by atoms with Crippen LogP contribution < -0.4 is 0 Å². The van der Waals surface area contributed by atoms with Gasteiger partial charge in [0, 0.05) is 17.8 Å². The SMILES string of the molecule is CC(COCC(O)CO)COCC(O)CO.CCC(O)COCC(COCC(O)CO)OCC(COC(COCC(O)CO)COCC(O)CO)OC[C@@H](C)COC(COC(COCC(O)CO)COCC(O)CO)COC(COCC(O)CO)COCC(O)CO.C[C@@H](COC(COCC(O)CO)COCC(O)CO)COC(COCC(O)CO)OCCC(O)CO. The molecule has 128 heavy (non-hydrogen) atoms. The lowest BCUT2D eigenvalue weighted by Crippen LogP contribution is -2.38. The number of aliphatic hydroxyl groups is 27. The molecule has 0 aromatic carbocycles. The quantitative estimate of drug-likeness (QED) is 0.0251. The van der Waals surface area contributed by atoms with Crippen molar-refractivity contribution in [1.29, 1.82) is 0 Å². The van der Waals surface area contributed by atoms with Gasteiger partial charge >= 0.3 is 0 Å². The third-order valence-electron chi connectivity index (χ3n) is 16.6. The number of hydrogen-bond donors (Lipinski definition) is 27. The second kappa shape index (κ2) is 91.5. The molecular formula is C79H164O49. The van der Waals surface area contributed by atoms with Gasteiger partial charge in [0.25, 0.3) is 0 Å². The molecule has 19 atom stereocenters. The van der Waals surface area contributed by atoms with Gasteiger partial charge in [-0.3, -0.25) is 0 Å². The van der Waals surface area contributed by atoms with Crippen molar-refractivity contribution in [2.24, 2.45) is 17.8 Å². The van der Waals surface area contributed by atoms with Gasteiger partial charge in [-0.25, -0.2) is 0 Å². The molecule has 0 fully saturated rings. The first kappa shape index (κ1) is 130. The van der Waals surface area contributed by atoms with Crippen LogP contribution >= 0.6 is 0 Å². The third-order valence-corrected chi connectivity index (χ3v) is 16.6. The first-order valence-electron chi connectivity index (χ1n) is 42.9. The van der Waals surface area contributed by atoms with Crippen LogP contribution in [0.3, 0.4) is 0 Å². The van der Waals surface area contributed by atoms with E-state index in [1.165, 1.54) is 0 Å². The van der Waals surface area contributed by atoms with E-state index in [2.05, 4.69) is 0 Å². The Morgan fingerprint density at radius 1 is 0.156 bits per heavy atom. The Morgan fingerprint density at radius 2 is 0.312 bits per heavy atom. The first-order chi connectivity index (χ1) is 61.4. The zero-order chi connectivity index (χ0) is 96.3. The molecule has 27 N–H and O–H groups in total. The van der Waals surface area contributed by atoms with E-state index in [1.54, 1.807) is 6.92 Å². The highest BCUT2D eigenvalue weighted by Crippen LogP contribution is 2.14. The summed E-state index contributed by atoms with van der Waals surface area (Å²) in [5.74, 6) is -0.386. The summed E-state index contributed by atoms with van der Waals surface area (Å²) < 4.78 is 125. The zero-order valence-electron chi connectivity index (χ0n) is 74.8. The fraction of sp³-hybridized carbons (Fsp3) is 1.00. The molecule has 0 aromatic rings. The average molecular weight is 1900 g/mol. The molecule has 0 radical (unpaired) electrons. The van der Waals surface area contributed by atoms with E-state index in [0.717, 1.165) is 0 Å². The van der Waals surface area contributed by atoms with Crippen LogP contribution in [0.15, 0.2) is 0 Å². The first-order valence-corrected chi connectivity index (χ1v) is 42.9. The van der Waals surface area contributed by atoms with Gasteiger partial charge in [-0.05, 0) is 12.8 Å². The maximum atomic E-state index is 10.1. The topological polar surface area (TPSA) is 749 Å². The van der Waals surface area contributed by atoms with Gasteiger partial charge in [0.2, 0.25) is 0 Å². The molecule has 0 saturated carbocycles. The van der Waals surface area contributed by atoms with Crippen molar-refractivity contribution < 1.29 is 242 Å². The summed E-state index contributed by atoms with van der Waals surface area (Å²) in [6, 6.07) is 0. The summed E-state index contributed by atoms with van der Waals surface area (Å²) in [6.07, 6.45) is -20.3. The van der Waals surface area contributed by atoms with Crippen LogP contribution in [0.2, 0.25) is 0 Å². The molecule has 49 nitrogen and oxygen atoms in total. The highest BCUT2D eigenvalue weighted by Gasteiger charge is 2.27. The summed E-state index contributed by atoms with van der Waals surface area (Å²) in [6.45, 7) is -0.727. The van der Waals surface area contributed by atoms with Crippen molar-refractivity contribution in [1.82, 2.24) is 0 Å². The van der Waals surface area contributed by atoms with Crippen LogP contribution in [0.25, 0.3) is 0 Å². The van der Waals surface area contributed by atoms with Gasteiger partial charge in [-0.1, -0.05) is 27.7 Å². The number of ether oxygens (including phenoxy) is 22. The van der Waals surface area contributed by atoms with Gasteiger partial charge in [0.15, 0.2) is 6.29 Å². The average Bonchev–Trinajstić information content (AvgIpc) is 0.973. The number of hydrogen-bond acceptors (Lipinski definition) is 49. The second-order valence-corrected chi connectivity index (χ2v) is 30.3. The molecule has 0 aliphatic heterocycles. The van der Waals surface area contributed by atoms with E-state index in [-0.39, 0.29) is 255 Å². The Morgan fingerprint density at radius 3 is 0.508 bits per heavy atom. The van der Waals surface area contributed by atoms with Crippen LogP contribution in [0.1, 0.15) is 40.5 Å². The number of aliphatic hydroxyl groups excluding tert-OH is 27. The lowest BCUT2D eigenvalue weighted by Gasteiger charge is -2.28. The van der Waals surface area contributed by atoms with E-state index >= 15 is 0 Å².